The van der Waals surface area contributed by atoms with Gasteiger partial charge < -0.3 is 13.8 Å². The molecule has 0 aliphatic heterocycles. The molecule has 104 valence electrons. The first-order valence-corrected chi connectivity index (χ1v) is 7.35. The molecule has 0 saturated heterocycles. The maximum absolute atomic E-state index is 12.5. The summed E-state index contributed by atoms with van der Waals surface area (Å²) in [4.78, 5) is 10.4. The molecule has 2 aromatic carbocycles. The van der Waals surface area contributed by atoms with E-state index in [1.165, 1.54) is 0 Å². The Hall–Kier alpha value is -2.10. The molecule has 0 saturated carbocycles. The molecule has 0 fully saturated rings. The van der Waals surface area contributed by atoms with Crippen LogP contribution in [0.3, 0.4) is 0 Å². The summed E-state index contributed by atoms with van der Waals surface area (Å²) in [5.41, 5.74) is 0. The number of para-hydroxylation sites is 2. The van der Waals surface area contributed by atoms with Gasteiger partial charge in [0.05, 0.1) is 0 Å². The first-order chi connectivity index (χ1) is 9.72. The van der Waals surface area contributed by atoms with E-state index in [4.69, 9.17) is 13.6 Å². The van der Waals surface area contributed by atoms with Crippen LogP contribution in [0.2, 0.25) is 0 Å². The fourth-order valence-electron chi connectivity index (χ4n) is 1.41. The van der Waals surface area contributed by atoms with E-state index in [1.807, 2.05) is 0 Å². The highest BCUT2D eigenvalue weighted by Gasteiger charge is 2.30. The van der Waals surface area contributed by atoms with Crippen LogP contribution in [0, 0.1) is 0 Å². The molecule has 0 aliphatic carbocycles. The van der Waals surface area contributed by atoms with Gasteiger partial charge >= 0.3 is 7.82 Å². The van der Waals surface area contributed by atoms with Crippen molar-refractivity contribution in [2.24, 2.45) is 0 Å². The van der Waals surface area contributed by atoms with Gasteiger partial charge in [-0.2, -0.15) is 0 Å². The largest absolute Gasteiger partial charge is 0.587 e. The third kappa shape index (κ3) is 4.23. The highest BCUT2D eigenvalue weighted by atomic mass is 31.2. The van der Waals surface area contributed by atoms with Crippen LogP contribution in [0.4, 0.5) is 0 Å². The maximum Gasteiger partial charge on any atom is 0.587 e. The zero-order chi connectivity index (χ0) is 14.3. The average Bonchev–Trinajstić information content (AvgIpc) is 2.47. The molecule has 2 aromatic rings. The number of benzene rings is 2. The second-order valence-electron chi connectivity index (χ2n) is 3.72. The van der Waals surface area contributed by atoms with Crippen LogP contribution in [-0.4, -0.2) is 12.9 Å². The van der Waals surface area contributed by atoms with Crippen molar-refractivity contribution in [3.8, 4) is 11.5 Å². The second kappa shape index (κ2) is 6.89. The fourth-order valence-corrected chi connectivity index (χ4v) is 2.56. The molecule has 0 aliphatic rings. The number of hydrogen-bond acceptors (Lipinski definition) is 5. The Balaban J connectivity index is 2.16. The van der Waals surface area contributed by atoms with Gasteiger partial charge in [-0.15, -0.1) is 0 Å². The van der Waals surface area contributed by atoms with Crippen molar-refractivity contribution in [1.82, 2.24) is 0 Å². The summed E-state index contributed by atoms with van der Waals surface area (Å²) in [6.45, 7) is -0.378. The topological polar surface area (TPSA) is 61.8 Å². The highest BCUT2D eigenvalue weighted by Crippen LogP contribution is 2.49. The van der Waals surface area contributed by atoms with E-state index in [9.17, 15) is 9.36 Å². The van der Waals surface area contributed by atoms with Crippen molar-refractivity contribution in [3.05, 3.63) is 60.7 Å². The Bertz CT molecular complexity index is 540. The van der Waals surface area contributed by atoms with Crippen LogP contribution in [0.25, 0.3) is 0 Å². The van der Waals surface area contributed by atoms with Gasteiger partial charge in [0.2, 0.25) is 0 Å². The van der Waals surface area contributed by atoms with Gasteiger partial charge in [0.25, 0.3) is 0 Å². The molecule has 6 heteroatoms. The monoisotopic (exact) mass is 292 g/mol. The van der Waals surface area contributed by atoms with Gasteiger partial charge in [-0.3, -0.25) is 4.52 Å². The molecule has 0 amide bonds. The summed E-state index contributed by atoms with van der Waals surface area (Å²) in [6.07, 6.45) is 0.482. The quantitative estimate of drug-likeness (QED) is 0.577. The summed E-state index contributed by atoms with van der Waals surface area (Å²) in [5, 5.41) is 0. The summed E-state index contributed by atoms with van der Waals surface area (Å²) < 4.78 is 27.9. The first kappa shape index (κ1) is 14.3. The lowest BCUT2D eigenvalue weighted by Crippen LogP contribution is -2.06. The van der Waals surface area contributed by atoms with E-state index in [-0.39, 0.29) is 6.61 Å². The predicted octanol–water partition coefficient (Wildman–Crippen LogP) is 3.47. The number of rotatable bonds is 7. The van der Waals surface area contributed by atoms with E-state index in [0.29, 0.717) is 17.8 Å². The van der Waals surface area contributed by atoms with Crippen LogP contribution in [0.1, 0.15) is 0 Å². The molecule has 0 N–H and O–H groups in total. The number of carbonyl (C=O) groups is 1. The standard InChI is InChI=1S/C14H13O5P/c15-11-12-17-20(16,18-13-7-3-1-4-8-13)19-14-9-5-2-6-10-14/h1-11H,12H2. The van der Waals surface area contributed by atoms with Crippen molar-refractivity contribution in [3.63, 3.8) is 0 Å². The van der Waals surface area contributed by atoms with Crippen LogP contribution in [0.5, 0.6) is 11.5 Å². The lowest BCUT2D eigenvalue weighted by molar-refractivity contribution is -0.109. The Morgan fingerprint density at radius 2 is 1.30 bits per heavy atom. The van der Waals surface area contributed by atoms with Crippen molar-refractivity contribution >= 4 is 14.1 Å². The Morgan fingerprint density at radius 1 is 0.850 bits per heavy atom. The minimum absolute atomic E-state index is 0.331. The molecule has 0 aromatic heterocycles. The first-order valence-electron chi connectivity index (χ1n) is 5.89. The minimum atomic E-state index is -3.91. The minimum Gasteiger partial charge on any atom is -0.395 e. The van der Waals surface area contributed by atoms with E-state index < -0.39 is 7.82 Å². The average molecular weight is 292 g/mol. The van der Waals surface area contributed by atoms with Crippen molar-refractivity contribution in [1.29, 1.82) is 0 Å². The number of carbonyl (C=O) groups excluding carboxylic acids is 1. The Kier molecular flexibility index (Phi) is 4.93. The predicted molar refractivity (Wildman–Crippen MR) is 73.8 cm³/mol. The number of phosphoric acid groups is 1. The van der Waals surface area contributed by atoms with Crippen molar-refractivity contribution in [2.75, 3.05) is 6.61 Å². The van der Waals surface area contributed by atoms with Gasteiger partial charge in [-0.25, -0.2) is 4.57 Å². The Morgan fingerprint density at radius 3 is 1.70 bits per heavy atom. The van der Waals surface area contributed by atoms with Gasteiger partial charge in [0.1, 0.15) is 24.4 Å². The van der Waals surface area contributed by atoms with E-state index in [2.05, 4.69) is 0 Å². The lowest BCUT2D eigenvalue weighted by atomic mass is 10.3. The van der Waals surface area contributed by atoms with E-state index >= 15 is 0 Å². The van der Waals surface area contributed by atoms with Crippen LogP contribution >= 0.6 is 7.82 Å². The zero-order valence-electron chi connectivity index (χ0n) is 10.5. The van der Waals surface area contributed by atoms with Gasteiger partial charge in [0.15, 0.2) is 0 Å². The van der Waals surface area contributed by atoms with Gasteiger partial charge in [0, 0.05) is 0 Å². The summed E-state index contributed by atoms with van der Waals surface area (Å²) in [5.74, 6) is 0.662. The van der Waals surface area contributed by atoms with E-state index in [0.717, 1.165) is 0 Å². The van der Waals surface area contributed by atoms with Crippen LogP contribution in [0.15, 0.2) is 60.7 Å². The number of hydrogen-bond donors (Lipinski definition) is 0. The molecule has 20 heavy (non-hydrogen) atoms. The molecular weight excluding hydrogens is 279 g/mol. The summed E-state index contributed by atoms with van der Waals surface area (Å²) in [6, 6.07) is 16.9. The molecule has 0 heterocycles. The lowest BCUT2D eigenvalue weighted by Gasteiger charge is -2.17. The summed E-state index contributed by atoms with van der Waals surface area (Å²) >= 11 is 0. The van der Waals surface area contributed by atoms with Gasteiger partial charge in [-0.1, -0.05) is 36.4 Å². The molecule has 0 atom stereocenters. The third-order valence-corrected chi connectivity index (χ3v) is 3.56. The molecule has 0 radical (unpaired) electrons. The maximum atomic E-state index is 12.5. The fraction of sp³-hybridized carbons (Fsp3) is 0.0714. The highest BCUT2D eigenvalue weighted by molar-refractivity contribution is 7.49. The molecule has 0 unspecified atom stereocenters. The normalized spacial score (nSPS) is 10.8. The number of aldehydes is 1. The molecule has 5 nitrogen and oxygen atoms in total. The van der Waals surface area contributed by atoms with Gasteiger partial charge in [-0.05, 0) is 24.3 Å². The summed E-state index contributed by atoms with van der Waals surface area (Å²) in [7, 11) is -3.91. The Labute approximate surface area is 116 Å². The van der Waals surface area contributed by atoms with Crippen molar-refractivity contribution < 1.29 is 22.9 Å². The van der Waals surface area contributed by atoms with E-state index in [1.54, 1.807) is 60.7 Å². The van der Waals surface area contributed by atoms with Crippen LogP contribution in [-0.2, 0) is 13.9 Å². The van der Waals surface area contributed by atoms with Crippen molar-refractivity contribution in [2.45, 2.75) is 0 Å². The molecule has 2 rings (SSSR count). The third-order valence-electron chi connectivity index (χ3n) is 2.22. The van der Waals surface area contributed by atoms with Crippen LogP contribution < -0.4 is 9.05 Å². The molecule has 0 spiro atoms. The number of phosphoric ester groups is 1. The SMILES string of the molecule is O=CCOP(=O)(Oc1ccccc1)Oc1ccccc1. The molecule has 0 bridgehead atoms. The zero-order valence-corrected chi connectivity index (χ0v) is 11.4. The smallest absolute Gasteiger partial charge is 0.395 e. The molecular formula is C14H13O5P. The second-order valence-corrected chi connectivity index (χ2v) is 5.24.